The number of nitrogens with zero attached hydrogens (tertiary/aromatic N) is 2. The number of hydrogen-bond donors (Lipinski definition) is 2. The molecule has 0 amide bonds. The zero-order chi connectivity index (χ0) is 15.2. The molecule has 2 unspecified atom stereocenters. The zero-order valence-corrected chi connectivity index (χ0v) is 13.6. The maximum Gasteiger partial charge on any atom is 0.0764 e. The van der Waals surface area contributed by atoms with Crippen LogP contribution in [0.2, 0.25) is 0 Å². The molecule has 0 aromatic carbocycles. The first-order valence-corrected chi connectivity index (χ1v) is 8.18. The molecule has 1 aromatic heterocycles. The molecule has 5 nitrogen and oxygen atoms in total. The van der Waals surface area contributed by atoms with Gasteiger partial charge >= 0.3 is 0 Å². The summed E-state index contributed by atoms with van der Waals surface area (Å²) >= 11 is 0. The normalized spacial score (nSPS) is 19.9. The molecule has 0 aliphatic heterocycles. The van der Waals surface area contributed by atoms with E-state index in [9.17, 15) is 0 Å². The second-order valence-corrected chi connectivity index (χ2v) is 6.50. The maximum absolute atomic E-state index is 5.72. The Balaban J connectivity index is 1.99. The topological polar surface area (TPSA) is 65.1 Å². The van der Waals surface area contributed by atoms with Crippen molar-refractivity contribution in [2.24, 2.45) is 11.8 Å². The summed E-state index contributed by atoms with van der Waals surface area (Å²) in [6.07, 6.45) is 9.54. The Morgan fingerprint density at radius 1 is 1.38 bits per heavy atom. The SMILES string of the molecule is COC(C(C)C)C(Cc1ccn(C2CCCCC2)n1)NN. The highest BCUT2D eigenvalue weighted by molar-refractivity contribution is 5.04. The van der Waals surface area contributed by atoms with Gasteiger partial charge in [0.2, 0.25) is 0 Å². The standard InChI is InChI=1S/C16H30N4O/c1-12(2)16(21-3)15(18-17)11-13-9-10-20(19-13)14-7-5-4-6-8-14/h9-10,12,14-16,18H,4-8,11,17H2,1-3H3. The van der Waals surface area contributed by atoms with Gasteiger partial charge in [0, 0.05) is 19.7 Å². The monoisotopic (exact) mass is 294 g/mol. The Morgan fingerprint density at radius 3 is 2.67 bits per heavy atom. The molecule has 1 saturated carbocycles. The number of hydrogen-bond acceptors (Lipinski definition) is 4. The van der Waals surface area contributed by atoms with Crippen LogP contribution in [0.5, 0.6) is 0 Å². The van der Waals surface area contributed by atoms with E-state index in [0.29, 0.717) is 12.0 Å². The molecule has 21 heavy (non-hydrogen) atoms. The first kappa shape index (κ1) is 16.5. The molecule has 0 saturated heterocycles. The second kappa shape index (κ2) is 7.92. The summed E-state index contributed by atoms with van der Waals surface area (Å²) in [5.41, 5.74) is 3.99. The molecule has 120 valence electrons. The Morgan fingerprint density at radius 2 is 2.10 bits per heavy atom. The number of hydrazine groups is 1. The predicted molar refractivity (Wildman–Crippen MR) is 84.8 cm³/mol. The van der Waals surface area contributed by atoms with E-state index >= 15 is 0 Å². The molecular weight excluding hydrogens is 264 g/mol. The minimum atomic E-state index is 0.0877. The van der Waals surface area contributed by atoms with Crippen LogP contribution >= 0.6 is 0 Å². The van der Waals surface area contributed by atoms with E-state index in [1.54, 1.807) is 7.11 Å². The smallest absolute Gasteiger partial charge is 0.0764 e. The highest BCUT2D eigenvalue weighted by atomic mass is 16.5. The van der Waals surface area contributed by atoms with Crippen LogP contribution in [0.3, 0.4) is 0 Å². The molecule has 1 aromatic rings. The lowest BCUT2D eigenvalue weighted by atomic mass is 9.96. The van der Waals surface area contributed by atoms with Crippen LogP contribution in [0, 0.1) is 5.92 Å². The highest BCUT2D eigenvalue weighted by Gasteiger charge is 2.25. The Labute approximate surface area is 128 Å². The lowest BCUT2D eigenvalue weighted by Gasteiger charge is -2.28. The van der Waals surface area contributed by atoms with Gasteiger partial charge in [-0.2, -0.15) is 5.10 Å². The van der Waals surface area contributed by atoms with Gasteiger partial charge in [-0.1, -0.05) is 33.1 Å². The Hall–Kier alpha value is -0.910. The summed E-state index contributed by atoms with van der Waals surface area (Å²) in [6, 6.07) is 2.79. The van der Waals surface area contributed by atoms with E-state index in [1.165, 1.54) is 32.1 Å². The third kappa shape index (κ3) is 4.28. The molecule has 0 bridgehead atoms. The largest absolute Gasteiger partial charge is 0.380 e. The molecule has 1 aliphatic rings. The highest BCUT2D eigenvalue weighted by Crippen LogP contribution is 2.27. The van der Waals surface area contributed by atoms with Gasteiger partial charge in [-0.25, -0.2) is 0 Å². The quantitative estimate of drug-likeness (QED) is 0.599. The molecule has 0 radical (unpaired) electrons. The summed E-state index contributed by atoms with van der Waals surface area (Å²) in [7, 11) is 1.75. The number of nitrogens with one attached hydrogen (secondary N) is 1. The Bertz CT molecular complexity index is 412. The third-order valence-corrected chi connectivity index (χ3v) is 4.58. The van der Waals surface area contributed by atoms with Gasteiger partial charge < -0.3 is 4.74 Å². The van der Waals surface area contributed by atoms with E-state index < -0.39 is 0 Å². The molecule has 1 aliphatic carbocycles. The fourth-order valence-electron chi connectivity index (χ4n) is 3.43. The average Bonchev–Trinajstić information content (AvgIpc) is 2.96. The number of methoxy groups -OCH3 is 1. The van der Waals surface area contributed by atoms with Crippen molar-refractivity contribution < 1.29 is 4.74 Å². The van der Waals surface area contributed by atoms with Gasteiger partial charge in [0.25, 0.3) is 0 Å². The molecule has 1 heterocycles. The van der Waals surface area contributed by atoms with Crippen molar-refractivity contribution in [3.63, 3.8) is 0 Å². The fourth-order valence-corrected chi connectivity index (χ4v) is 3.43. The summed E-state index contributed by atoms with van der Waals surface area (Å²) < 4.78 is 7.74. The van der Waals surface area contributed by atoms with Crippen molar-refractivity contribution in [3.05, 3.63) is 18.0 Å². The van der Waals surface area contributed by atoms with Crippen LogP contribution in [0.1, 0.15) is 57.7 Å². The summed E-state index contributed by atoms with van der Waals surface area (Å²) in [5, 5.41) is 4.76. The minimum Gasteiger partial charge on any atom is -0.380 e. The third-order valence-electron chi connectivity index (χ3n) is 4.58. The minimum absolute atomic E-state index is 0.0877. The number of aromatic nitrogens is 2. The van der Waals surface area contributed by atoms with E-state index in [1.807, 2.05) is 0 Å². The van der Waals surface area contributed by atoms with Gasteiger partial charge in [0.15, 0.2) is 0 Å². The first-order chi connectivity index (χ1) is 10.2. The van der Waals surface area contributed by atoms with E-state index in [2.05, 4.69) is 36.2 Å². The predicted octanol–water partition coefficient (Wildman–Crippen LogP) is 2.43. The molecule has 0 spiro atoms. The lowest BCUT2D eigenvalue weighted by molar-refractivity contribution is 0.0329. The van der Waals surface area contributed by atoms with E-state index in [4.69, 9.17) is 15.7 Å². The zero-order valence-electron chi connectivity index (χ0n) is 13.6. The average molecular weight is 294 g/mol. The first-order valence-electron chi connectivity index (χ1n) is 8.18. The van der Waals surface area contributed by atoms with Crippen LogP contribution < -0.4 is 11.3 Å². The molecule has 2 atom stereocenters. The van der Waals surface area contributed by atoms with Crippen LogP contribution in [0.15, 0.2) is 12.3 Å². The van der Waals surface area contributed by atoms with Crippen molar-refractivity contribution in [1.29, 1.82) is 0 Å². The summed E-state index contributed by atoms with van der Waals surface area (Å²) in [4.78, 5) is 0. The van der Waals surface area contributed by atoms with Crippen molar-refractivity contribution in [2.75, 3.05) is 7.11 Å². The number of ether oxygens (including phenoxy) is 1. The van der Waals surface area contributed by atoms with E-state index in [0.717, 1.165) is 12.1 Å². The van der Waals surface area contributed by atoms with Gasteiger partial charge in [-0.15, -0.1) is 0 Å². The van der Waals surface area contributed by atoms with E-state index in [-0.39, 0.29) is 12.1 Å². The molecule has 3 N–H and O–H groups in total. The van der Waals surface area contributed by atoms with Crippen LogP contribution in [-0.2, 0) is 11.2 Å². The van der Waals surface area contributed by atoms with Gasteiger partial charge in [-0.3, -0.25) is 16.0 Å². The van der Waals surface area contributed by atoms with Gasteiger partial charge in [0.05, 0.1) is 23.9 Å². The number of nitrogens with two attached hydrogens (primary N) is 1. The fraction of sp³-hybridized carbons (Fsp3) is 0.812. The molecule has 2 rings (SSSR count). The molecule has 5 heteroatoms. The summed E-state index contributed by atoms with van der Waals surface area (Å²) in [5.74, 6) is 6.13. The molecular formula is C16H30N4O. The molecule has 1 fully saturated rings. The van der Waals surface area contributed by atoms with Crippen LogP contribution in [0.25, 0.3) is 0 Å². The Kier molecular flexibility index (Phi) is 6.21. The van der Waals surface area contributed by atoms with Gasteiger partial charge in [0.1, 0.15) is 0 Å². The van der Waals surface area contributed by atoms with Crippen molar-refractivity contribution >= 4 is 0 Å². The lowest BCUT2D eigenvalue weighted by Crippen LogP contribution is -2.48. The maximum atomic E-state index is 5.72. The summed E-state index contributed by atoms with van der Waals surface area (Å²) in [6.45, 7) is 4.30. The van der Waals surface area contributed by atoms with Crippen LogP contribution in [0.4, 0.5) is 0 Å². The van der Waals surface area contributed by atoms with Crippen molar-refractivity contribution in [1.82, 2.24) is 15.2 Å². The number of rotatable bonds is 7. The van der Waals surface area contributed by atoms with Gasteiger partial charge in [-0.05, 0) is 24.8 Å². The van der Waals surface area contributed by atoms with Crippen LogP contribution in [-0.4, -0.2) is 29.0 Å². The second-order valence-electron chi connectivity index (χ2n) is 6.50. The van der Waals surface area contributed by atoms with Crippen molar-refractivity contribution in [3.8, 4) is 0 Å². The van der Waals surface area contributed by atoms with Crippen molar-refractivity contribution in [2.45, 2.75) is 70.6 Å².